The van der Waals surface area contributed by atoms with Crippen LogP contribution in [0.1, 0.15) is 30.1 Å². The van der Waals surface area contributed by atoms with E-state index in [1.54, 1.807) is 0 Å². The van der Waals surface area contributed by atoms with E-state index in [9.17, 15) is 0 Å². The zero-order valence-electron chi connectivity index (χ0n) is 9.91. The molecular formula is C10H18N6. The van der Waals surface area contributed by atoms with Gasteiger partial charge in [-0.1, -0.05) is 0 Å². The molecule has 1 saturated carbocycles. The van der Waals surface area contributed by atoms with Crippen molar-refractivity contribution < 1.29 is 0 Å². The Hall–Kier alpha value is -1.40. The van der Waals surface area contributed by atoms with Gasteiger partial charge in [-0.05, 0) is 19.8 Å². The van der Waals surface area contributed by atoms with Crippen molar-refractivity contribution in [3.63, 3.8) is 0 Å². The van der Waals surface area contributed by atoms with Crippen LogP contribution in [0.5, 0.6) is 0 Å². The average Bonchev–Trinajstić information content (AvgIpc) is 3.04. The van der Waals surface area contributed by atoms with Crippen LogP contribution in [0.25, 0.3) is 0 Å². The molecule has 1 aromatic heterocycles. The smallest absolute Gasteiger partial charge is 0.149 e. The Morgan fingerprint density at radius 2 is 1.88 bits per heavy atom. The van der Waals surface area contributed by atoms with Crippen molar-refractivity contribution in [1.82, 2.24) is 15.0 Å². The fourth-order valence-electron chi connectivity index (χ4n) is 1.52. The van der Waals surface area contributed by atoms with Crippen molar-refractivity contribution in [1.29, 1.82) is 0 Å². The molecule has 6 nitrogen and oxygen atoms in total. The fourth-order valence-corrected chi connectivity index (χ4v) is 1.52. The van der Waals surface area contributed by atoms with Gasteiger partial charge in [0.15, 0.2) is 0 Å². The predicted molar refractivity (Wildman–Crippen MR) is 63.9 cm³/mol. The van der Waals surface area contributed by atoms with Gasteiger partial charge in [0.2, 0.25) is 0 Å². The fraction of sp³-hybridized carbons (Fsp3) is 0.600. The summed E-state index contributed by atoms with van der Waals surface area (Å²) in [4.78, 5) is 8.94. The average molecular weight is 222 g/mol. The number of rotatable bonds is 4. The number of nitrogens with zero attached hydrogens (tertiary/aromatic N) is 3. The number of hydrogen-bond acceptors (Lipinski definition) is 6. The van der Waals surface area contributed by atoms with E-state index in [-0.39, 0.29) is 0 Å². The summed E-state index contributed by atoms with van der Waals surface area (Å²) >= 11 is 0. The Balaban J connectivity index is 2.36. The quantitative estimate of drug-likeness (QED) is 0.517. The zero-order chi connectivity index (χ0) is 11.7. The van der Waals surface area contributed by atoms with E-state index in [0.29, 0.717) is 11.7 Å². The molecule has 4 N–H and O–H groups in total. The molecule has 0 atom stereocenters. The molecule has 0 amide bonds. The van der Waals surface area contributed by atoms with Crippen molar-refractivity contribution in [2.75, 3.05) is 24.9 Å². The van der Waals surface area contributed by atoms with Gasteiger partial charge in [0.05, 0.1) is 0 Å². The molecule has 16 heavy (non-hydrogen) atoms. The van der Waals surface area contributed by atoms with Crippen molar-refractivity contribution in [3.8, 4) is 0 Å². The number of hydrogen-bond donors (Lipinski definition) is 3. The van der Waals surface area contributed by atoms with Crippen molar-refractivity contribution in [2.24, 2.45) is 5.84 Å². The molecule has 1 aromatic rings. The standard InChI is InChI=1S/C10H18N6/c1-6-8(14-11)12-10(7-4-5-7)13-9(6)15-16(2)3/h7H,4-5,11H2,1-3H3,(H2,12,13,14,15). The van der Waals surface area contributed by atoms with Gasteiger partial charge in [0, 0.05) is 25.6 Å². The lowest BCUT2D eigenvalue weighted by Gasteiger charge is -2.17. The van der Waals surface area contributed by atoms with Gasteiger partial charge >= 0.3 is 0 Å². The van der Waals surface area contributed by atoms with E-state index in [4.69, 9.17) is 5.84 Å². The Morgan fingerprint density at radius 3 is 2.38 bits per heavy atom. The number of anilines is 2. The van der Waals surface area contributed by atoms with Crippen molar-refractivity contribution in [3.05, 3.63) is 11.4 Å². The summed E-state index contributed by atoms with van der Waals surface area (Å²) in [5.74, 6) is 8.36. The lowest BCUT2D eigenvalue weighted by atomic mass is 10.3. The lowest BCUT2D eigenvalue weighted by Crippen LogP contribution is -2.23. The molecule has 1 heterocycles. The first-order chi connectivity index (χ1) is 7.61. The van der Waals surface area contributed by atoms with E-state index < -0.39 is 0 Å². The minimum Gasteiger partial charge on any atom is -0.308 e. The van der Waals surface area contributed by atoms with Crippen LogP contribution in [0.15, 0.2) is 0 Å². The maximum absolute atomic E-state index is 5.46. The normalized spacial score (nSPS) is 15.3. The molecule has 0 saturated heterocycles. The number of nitrogens with two attached hydrogens (primary N) is 1. The van der Waals surface area contributed by atoms with E-state index in [1.807, 2.05) is 26.0 Å². The molecule has 0 unspecified atom stereocenters. The molecule has 0 spiro atoms. The maximum Gasteiger partial charge on any atom is 0.149 e. The zero-order valence-corrected chi connectivity index (χ0v) is 9.91. The minimum absolute atomic E-state index is 0.510. The van der Waals surface area contributed by atoms with Crippen LogP contribution in [0.2, 0.25) is 0 Å². The van der Waals surface area contributed by atoms with E-state index in [0.717, 1.165) is 17.2 Å². The molecule has 0 aliphatic heterocycles. The molecule has 0 radical (unpaired) electrons. The second kappa shape index (κ2) is 4.23. The Bertz CT molecular complexity index is 385. The molecule has 6 heteroatoms. The highest BCUT2D eigenvalue weighted by molar-refractivity contribution is 5.56. The minimum atomic E-state index is 0.510. The van der Waals surface area contributed by atoms with Crippen LogP contribution in [0.4, 0.5) is 11.6 Å². The van der Waals surface area contributed by atoms with Crippen LogP contribution in [-0.2, 0) is 0 Å². The molecule has 0 aromatic carbocycles. The highest BCUT2D eigenvalue weighted by Crippen LogP contribution is 2.39. The highest BCUT2D eigenvalue weighted by atomic mass is 15.5. The second-order valence-corrected chi connectivity index (χ2v) is 4.33. The summed E-state index contributed by atoms with van der Waals surface area (Å²) in [6.07, 6.45) is 2.35. The summed E-state index contributed by atoms with van der Waals surface area (Å²) in [6, 6.07) is 0. The molecule has 88 valence electrons. The summed E-state index contributed by atoms with van der Waals surface area (Å²) in [5.41, 5.74) is 6.71. The van der Waals surface area contributed by atoms with Crippen LogP contribution in [0, 0.1) is 6.92 Å². The van der Waals surface area contributed by atoms with Crippen LogP contribution in [-0.4, -0.2) is 29.1 Å². The van der Waals surface area contributed by atoms with Gasteiger partial charge in [0.1, 0.15) is 17.5 Å². The number of hydrazine groups is 2. The topological polar surface area (TPSA) is 79.1 Å². The van der Waals surface area contributed by atoms with Gasteiger partial charge in [-0.25, -0.2) is 20.8 Å². The van der Waals surface area contributed by atoms with Gasteiger partial charge in [-0.2, -0.15) is 0 Å². The summed E-state index contributed by atoms with van der Waals surface area (Å²) < 4.78 is 0. The number of nitrogen functional groups attached to an aromatic ring is 1. The summed E-state index contributed by atoms with van der Waals surface area (Å²) in [6.45, 7) is 1.94. The van der Waals surface area contributed by atoms with Gasteiger partial charge in [-0.3, -0.25) is 0 Å². The van der Waals surface area contributed by atoms with Gasteiger partial charge < -0.3 is 10.9 Å². The van der Waals surface area contributed by atoms with Crippen molar-refractivity contribution in [2.45, 2.75) is 25.7 Å². The molecule has 2 rings (SSSR count). The Labute approximate surface area is 95.2 Å². The highest BCUT2D eigenvalue weighted by Gasteiger charge is 2.28. The Kier molecular flexibility index (Phi) is 2.93. The van der Waals surface area contributed by atoms with E-state index in [1.165, 1.54) is 12.8 Å². The second-order valence-electron chi connectivity index (χ2n) is 4.33. The third kappa shape index (κ3) is 2.23. The van der Waals surface area contributed by atoms with E-state index in [2.05, 4.69) is 20.8 Å². The first-order valence-corrected chi connectivity index (χ1v) is 5.41. The number of aromatic nitrogens is 2. The largest absolute Gasteiger partial charge is 0.308 e. The third-order valence-corrected chi connectivity index (χ3v) is 2.57. The summed E-state index contributed by atoms with van der Waals surface area (Å²) in [7, 11) is 3.85. The molecule has 0 bridgehead atoms. The summed E-state index contributed by atoms with van der Waals surface area (Å²) in [5, 5.41) is 1.85. The monoisotopic (exact) mass is 222 g/mol. The lowest BCUT2D eigenvalue weighted by molar-refractivity contribution is 0.491. The SMILES string of the molecule is Cc1c(NN)nc(C2CC2)nc1NN(C)C. The van der Waals surface area contributed by atoms with Crippen LogP contribution in [0.3, 0.4) is 0 Å². The van der Waals surface area contributed by atoms with Gasteiger partial charge in [0.25, 0.3) is 0 Å². The molecule has 1 fully saturated rings. The third-order valence-electron chi connectivity index (χ3n) is 2.57. The first-order valence-electron chi connectivity index (χ1n) is 5.41. The van der Waals surface area contributed by atoms with Crippen molar-refractivity contribution >= 4 is 11.6 Å². The molecular weight excluding hydrogens is 204 g/mol. The predicted octanol–water partition coefficient (Wildman–Crippen LogP) is 0.837. The van der Waals surface area contributed by atoms with Gasteiger partial charge in [-0.15, -0.1) is 0 Å². The van der Waals surface area contributed by atoms with Crippen LogP contribution >= 0.6 is 0 Å². The molecule has 1 aliphatic carbocycles. The first kappa shape index (κ1) is 11.1. The van der Waals surface area contributed by atoms with E-state index >= 15 is 0 Å². The maximum atomic E-state index is 5.46. The Morgan fingerprint density at radius 1 is 1.25 bits per heavy atom. The number of nitrogens with one attached hydrogen (secondary N) is 2. The molecule has 1 aliphatic rings. The van der Waals surface area contributed by atoms with Crippen LogP contribution < -0.4 is 16.7 Å².